The molecule has 2 amide bonds. The number of urea groups is 1. The molecule has 0 radical (unpaired) electrons. The fourth-order valence-electron chi connectivity index (χ4n) is 2.34. The lowest BCUT2D eigenvalue weighted by Crippen LogP contribution is -2.38. The molecular formula is C17H24N4O2. The van der Waals surface area contributed by atoms with Crippen LogP contribution in [0, 0.1) is 0 Å². The summed E-state index contributed by atoms with van der Waals surface area (Å²) in [5.41, 5.74) is 2.88. The summed E-state index contributed by atoms with van der Waals surface area (Å²) in [6.45, 7) is 4.50. The third-order valence-electron chi connectivity index (χ3n) is 3.68. The predicted molar refractivity (Wildman–Crippen MR) is 89.1 cm³/mol. The molecule has 2 aromatic rings. The number of carbonyl (C=O) groups is 1. The Bertz CT molecular complexity index is 636. The van der Waals surface area contributed by atoms with Crippen LogP contribution in [0.15, 0.2) is 30.3 Å². The summed E-state index contributed by atoms with van der Waals surface area (Å²) in [7, 11) is 1.75. The largest absolute Gasteiger partial charge is 0.508 e. The van der Waals surface area contributed by atoms with Gasteiger partial charge < -0.3 is 15.3 Å². The molecule has 6 nitrogen and oxygen atoms in total. The summed E-state index contributed by atoms with van der Waals surface area (Å²) in [4.78, 5) is 13.9. The third kappa shape index (κ3) is 4.74. The molecule has 23 heavy (non-hydrogen) atoms. The maximum atomic E-state index is 12.3. The number of phenols is 1. The monoisotopic (exact) mass is 316 g/mol. The molecule has 1 unspecified atom stereocenters. The normalized spacial score (nSPS) is 12.0. The molecule has 124 valence electrons. The van der Waals surface area contributed by atoms with Crippen molar-refractivity contribution in [1.82, 2.24) is 20.4 Å². The van der Waals surface area contributed by atoms with Gasteiger partial charge in [-0.3, -0.25) is 5.10 Å². The number of phenolic OH excluding ortho intramolecular Hbond substituents is 1. The Labute approximate surface area is 136 Å². The van der Waals surface area contributed by atoms with Gasteiger partial charge in [-0.1, -0.05) is 25.5 Å². The number of aromatic amines is 1. The minimum Gasteiger partial charge on any atom is -0.508 e. The minimum atomic E-state index is -0.155. The van der Waals surface area contributed by atoms with Gasteiger partial charge in [-0.2, -0.15) is 5.10 Å². The van der Waals surface area contributed by atoms with E-state index in [1.54, 1.807) is 36.2 Å². The molecule has 0 bridgehead atoms. The number of hydrogen-bond acceptors (Lipinski definition) is 3. The van der Waals surface area contributed by atoms with Gasteiger partial charge in [-0.15, -0.1) is 0 Å². The topological polar surface area (TPSA) is 81.3 Å². The Balaban J connectivity index is 1.89. The number of nitrogens with zero attached hydrogens (tertiary/aromatic N) is 2. The van der Waals surface area contributed by atoms with Crippen LogP contribution in [-0.4, -0.2) is 33.3 Å². The first-order valence-corrected chi connectivity index (χ1v) is 7.83. The zero-order valence-corrected chi connectivity index (χ0v) is 13.8. The molecule has 3 N–H and O–H groups in total. The summed E-state index contributed by atoms with van der Waals surface area (Å²) in [6.07, 6.45) is 1.98. The SMILES string of the molecule is CCCc1cc(CN(C)C(=O)NC(C)c2ccc(O)cc2)[nH]n1. The van der Waals surface area contributed by atoms with E-state index in [4.69, 9.17) is 0 Å². The lowest BCUT2D eigenvalue weighted by molar-refractivity contribution is 0.203. The van der Waals surface area contributed by atoms with Gasteiger partial charge >= 0.3 is 6.03 Å². The second kappa shape index (κ2) is 7.67. The Morgan fingerprint density at radius 3 is 2.74 bits per heavy atom. The Hall–Kier alpha value is -2.50. The number of amides is 2. The summed E-state index contributed by atoms with van der Waals surface area (Å²) < 4.78 is 0. The zero-order chi connectivity index (χ0) is 16.8. The van der Waals surface area contributed by atoms with E-state index in [0.717, 1.165) is 29.8 Å². The van der Waals surface area contributed by atoms with E-state index in [0.29, 0.717) is 6.54 Å². The van der Waals surface area contributed by atoms with E-state index in [1.165, 1.54) is 0 Å². The van der Waals surface area contributed by atoms with Crippen molar-refractivity contribution in [2.45, 2.75) is 39.3 Å². The number of nitrogens with one attached hydrogen (secondary N) is 2. The Kier molecular flexibility index (Phi) is 5.62. The van der Waals surface area contributed by atoms with Crippen LogP contribution in [0.4, 0.5) is 4.79 Å². The van der Waals surface area contributed by atoms with Crippen LogP contribution in [0.3, 0.4) is 0 Å². The maximum Gasteiger partial charge on any atom is 0.317 e. The van der Waals surface area contributed by atoms with Crippen molar-refractivity contribution in [2.24, 2.45) is 0 Å². The van der Waals surface area contributed by atoms with Gasteiger partial charge in [0.05, 0.1) is 24.0 Å². The second-order valence-corrected chi connectivity index (χ2v) is 5.75. The molecule has 1 aromatic heterocycles. The number of H-pyrrole nitrogens is 1. The number of aromatic nitrogens is 2. The highest BCUT2D eigenvalue weighted by Crippen LogP contribution is 2.16. The summed E-state index contributed by atoms with van der Waals surface area (Å²) in [6, 6.07) is 8.53. The van der Waals surface area contributed by atoms with E-state index in [2.05, 4.69) is 22.4 Å². The van der Waals surface area contributed by atoms with E-state index >= 15 is 0 Å². The highest BCUT2D eigenvalue weighted by atomic mass is 16.3. The molecule has 2 rings (SSSR count). The molecule has 0 aliphatic heterocycles. The standard InChI is InChI=1S/C17H24N4O2/c1-4-5-14-10-15(20-19-14)11-21(3)17(23)18-12(2)13-6-8-16(22)9-7-13/h6-10,12,22H,4-5,11H2,1-3H3,(H,18,23)(H,19,20). The number of hydrogen-bond donors (Lipinski definition) is 3. The van der Waals surface area contributed by atoms with Crippen molar-refractivity contribution in [3.8, 4) is 5.75 Å². The first-order chi connectivity index (χ1) is 11.0. The van der Waals surface area contributed by atoms with Gasteiger partial charge in [-0.25, -0.2) is 4.79 Å². The smallest absolute Gasteiger partial charge is 0.317 e. The average molecular weight is 316 g/mol. The van der Waals surface area contributed by atoms with Crippen molar-refractivity contribution >= 4 is 6.03 Å². The Morgan fingerprint density at radius 2 is 2.09 bits per heavy atom. The van der Waals surface area contributed by atoms with Crippen molar-refractivity contribution in [2.75, 3.05) is 7.05 Å². The minimum absolute atomic E-state index is 0.136. The molecule has 0 saturated carbocycles. The van der Waals surface area contributed by atoms with Crippen LogP contribution >= 0.6 is 0 Å². The molecule has 1 aromatic carbocycles. The van der Waals surface area contributed by atoms with Crippen LogP contribution in [0.2, 0.25) is 0 Å². The molecule has 0 spiro atoms. The van der Waals surface area contributed by atoms with Gasteiger partial charge in [0, 0.05) is 7.05 Å². The summed E-state index contributed by atoms with van der Waals surface area (Å²) >= 11 is 0. The van der Waals surface area contributed by atoms with Gasteiger partial charge in [-0.05, 0) is 37.1 Å². The van der Waals surface area contributed by atoms with Crippen LogP contribution in [0.5, 0.6) is 5.75 Å². The molecule has 0 saturated heterocycles. The average Bonchev–Trinajstić information content (AvgIpc) is 2.95. The molecule has 1 atom stereocenters. The number of benzene rings is 1. The van der Waals surface area contributed by atoms with E-state index in [-0.39, 0.29) is 17.8 Å². The summed E-state index contributed by atoms with van der Waals surface area (Å²) in [5, 5.41) is 19.4. The molecule has 0 aliphatic rings. The first-order valence-electron chi connectivity index (χ1n) is 7.83. The molecule has 0 fully saturated rings. The van der Waals surface area contributed by atoms with Crippen molar-refractivity contribution in [3.05, 3.63) is 47.3 Å². The van der Waals surface area contributed by atoms with Gasteiger partial charge in [0.1, 0.15) is 5.75 Å². The predicted octanol–water partition coefficient (Wildman–Crippen LogP) is 2.97. The zero-order valence-electron chi connectivity index (χ0n) is 13.8. The van der Waals surface area contributed by atoms with Crippen molar-refractivity contribution in [3.63, 3.8) is 0 Å². The highest BCUT2D eigenvalue weighted by molar-refractivity contribution is 5.74. The number of carbonyl (C=O) groups excluding carboxylic acids is 1. The lowest BCUT2D eigenvalue weighted by Gasteiger charge is -2.21. The molecule has 0 aliphatic carbocycles. The summed E-state index contributed by atoms with van der Waals surface area (Å²) in [5.74, 6) is 0.214. The van der Waals surface area contributed by atoms with Crippen LogP contribution in [0.1, 0.15) is 43.3 Å². The van der Waals surface area contributed by atoms with E-state index < -0.39 is 0 Å². The fraction of sp³-hybridized carbons (Fsp3) is 0.412. The molecule has 1 heterocycles. The van der Waals surface area contributed by atoms with E-state index in [9.17, 15) is 9.90 Å². The van der Waals surface area contributed by atoms with Crippen LogP contribution < -0.4 is 5.32 Å². The fourth-order valence-corrected chi connectivity index (χ4v) is 2.34. The quantitative estimate of drug-likeness (QED) is 0.766. The first kappa shape index (κ1) is 16.9. The third-order valence-corrected chi connectivity index (χ3v) is 3.68. The van der Waals surface area contributed by atoms with Crippen molar-refractivity contribution in [1.29, 1.82) is 0 Å². The van der Waals surface area contributed by atoms with Crippen molar-refractivity contribution < 1.29 is 9.90 Å². The second-order valence-electron chi connectivity index (χ2n) is 5.75. The van der Waals surface area contributed by atoms with Gasteiger partial charge in [0.25, 0.3) is 0 Å². The highest BCUT2D eigenvalue weighted by Gasteiger charge is 2.14. The van der Waals surface area contributed by atoms with Crippen LogP contribution in [-0.2, 0) is 13.0 Å². The number of aryl methyl sites for hydroxylation is 1. The van der Waals surface area contributed by atoms with E-state index in [1.807, 2.05) is 13.0 Å². The maximum absolute atomic E-state index is 12.3. The van der Waals surface area contributed by atoms with Gasteiger partial charge in [0.15, 0.2) is 0 Å². The van der Waals surface area contributed by atoms with Crippen LogP contribution in [0.25, 0.3) is 0 Å². The lowest BCUT2D eigenvalue weighted by atomic mass is 10.1. The molecular weight excluding hydrogens is 292 g/mol. The van der Waals surface area contributed by atoms with Gasteiger partial charge in [0.2, 0.25) is 0 Å². The Morgan fingerprint density at radius 1 is 1.39 bits per heavy atom. The number of aromatic hydroxyl groups is 1. The molecule has 6 heteroatoms. The number of rotatable bonds is 6.